The Kier molecular flexibility index (Phi) is 5.22. The lowest BCUT2D eigenvalue weighted by Gasteiger charge is -2.32. The van der Waals surface area contributed by atoms with E-state index in [4.69, 9.17) is 0 Å². The van der Waals surface area contributed by atoms with E-state index in [1.54, 1.807) is 13.8 Å². The molecule has 26 heavy (non-hydrogen) atoms. The first-order valence-electron chi connectivity index (χ1n) is 8.41. The highest BCUT2D eigenvalue weighted by atomic mass is 32.2. The molecule has 0 aliphatic carbocycles. The summed E-state index contributed by atoms with van der Waals surface area (Å²) >= 11 is 0. The van der Waals surface area contributed by atoms with Gasteiger partial charge in [0.25, 0.3) is 5.91 Å². The minimum atomic E-state index is -3.69. The lowest BCUT2D eigenvalue weighted by molar-refractivity contribution is -0.123. The van der Waals surface area contributed by atoms with Crippen molar-refractivity contribution in [3.8, 4) is 0 Å². The maximum absolute atomic E-state index is 12.4. The Morgan fingerprint density at radius 3 is 2.19 bits per heavy atom. The van der Waals surface area contributed by atoms with Gasteiger partial charge in [-0.05, 0) is 66.1 Å². The summed E-state index contributed by atoms with van der Waals surface area (Å²) in [6.45, 7) is 7.72. The van der Waals surface area contributed by atoms with Gasteiger partial charge in [0.05, 0.1) is 16.9 Å². The minimum Gasteiger partial charge on any atom is -0.350 e. The highest BCUT2D eigenvalue weighted by Crippen LogP contribution is 2.35. The van der Waals surface area contributed by atoms with E-state index in [0.717, 1.165) is 4.31 Å². The molecule has 2 rings (SSSR count). The minimum absolute atomic E-state index is 0.197. The second-order valence-electron chi connectivity index (χ2n) is 8.15. The number of benzene rings is 1. The summed E-state index contributed by atoms with van der Waals surface area (Å²) < 4.78 is 25.4. The van der Waals surface area contributed by atoms with Gasteiger partial charge >= 0.3 is 0 Å². The van der Waals surface area contributed by atoms with Crippen molar-refractivity contribution in [1.29, 1.82) is 0 Å². The summed E-state index contributed by atoms with van der Waals surface area (Å²) in [6.07, 6.45) is 0. The van der Waals surface area contributed by atoms with Crippen molar-refractivity contribution in [3.63, 3.8) is 0 Å². The van der Waals surface area contributed by atoms with Gasteiger partial charge in [0.2, 0.25) is 15.9 Å². The zero-order valence-corrected chi connectivity index (χ0v) is 17.0. The molecular formula is C18H27N3O4S. The number of carbonyl (C=O) groups excluding carboxylic acids is 2. The van der Waals surface area contributed by atoms with Crippen molar-refractivity contribution < 1.29 is 18.0 Å². The van der Waals surface area contributed by atoms with E-state index in [9.17, 15) is 18.0 Å². The molecule has 8 heteroatoms. The average Bonchev–Trinajstić information content (AvgIpc) is 2.68. The van der Waals surface area contributed by atoms with Crippen LogP contribution in [-0.4, -0.2) is 57.1 Å². The first-order chi connectivity index (χ1) is 11.8. The van der Waals surface area contributed by atoms with E-state index in [-0.39, 0.29) is 22.9 Å². The van der Waals surface area contributed by atoms with E-state index < -0.39 is 21.3 Å². The van der Waals surface area contributed by atoms with Gasteiger partial charge in [-0.2, -0.15) is 0 Å². The average molecular weight is 381 g/mol. The normalized spacial score (nSPS) is 19.0. The number of hydrogen-bond acceptors (Lipinski definition) is 5. The number of nitrogens with one attached hydrogen (secondary N) is 1. The summed E-state index contributed by atoms with van der Waals surface area (Å²) in [6, 6.07) is 6.04. The second-order valence-corrected chi connectivity index (χ2v) is 9.96. The van der Waals surface area contributed by atoms with Crippen molar-refractivity contribution in [2.45, 2.75) is 33.2 Å². The van der Waals surface area contributed by atoms with Gasteiger partial charge in [0, 0.05) is 17.6 Å². The van der Waals surface area contributed by atoms with Crippen LogP contribution in [0.15, 0.2) is 24.3 Å². The van der Waals surface area contributed by atoms with Gasteiger partial charge in [-0.1, -0.05) is 0 Å². The molecule has 0 bridgehead atoms. The fourth-order valence-corrected chi connectivity index (χ4v) is 4.67. The predicted octanol–water partition coefficient (Wildman–Crippen LogP) is 1.46. The van der Waals surface area contributed by atoms with Crippen LogP contribution in [0.4, 0.5) is 5.69 Å². The quantitative estimate of drug-likeness (QED) is 0.834. The lowest BCUT2D eigenvalue weighted by atomic mass is 9.95. The van der Waals surface area contributed by atoms with Gasteiger partial charge in [0.15, 0.2) is 0 Å². The van der Waals surface area contributed by atoms with Gasteiger partial charge in [-0.25, -0.2) is 12.7 Å². The Morgan fingerprint density at radius 2 is 1.77 bits per heavy atom. The number of amides is 2. The molecule has 1 aliphatic heterocycles. The van der Waals surface area contributed by atoms with Crippen LogP contribution in [0.3, 0.4) is 0 Å². The molecule has 1 heterocycles. The van der Waals surface area contributed by atoms with Crippen LogP contribution in [0.5, 0.6) is 0 Å². The third-order valence-electron chi connectivity index (χ3n) is 4.84. The molecular weight excluding hydrogens is 354 g/mol. The van der Waals surface area contributed by atoms with Gasteiger partial charge in [-0.3, -0.25) is 9.59 Å². The van der Waals surface area contributed by atoms with Crippen molar-refractivity contribution in [2.75, 3.05) is 30.7 Å². The van der Waals surface area contributed by atoms with Gasteiger partial charge < -0.3 is 10.2 Å². The zero-order chi connectivity index (χ0) is 19.9. The summed E-state index contributed by atoms with van der Waals surface area (Å²) in [4.78, 5) is 26.7. The Morgan fingerprint density at radius 1 is 1.23 bits per heavy atom. The molecule has 0 spiro atoms. The summed E-state index contributed by atoms with van der Waals surface area (Å²) in [5.74, 6) is -0.925. The number of nitrogens with zero attached hydrogens (tertiary/aromatic N) is 2. The molecule has 7 nitrogen and oxygen atoms in total. The molecule has 1 aliphatic rings. The third-order valence-corrected chi connectivity index (χ3v) is 6.86. The highest BCUT2D eigenvalue weighted by Gasteiger charge is 2.49. The number of rotatable bonds is 5. The van der Waals surface area contributed by atoms with Crippen LogP contribution in [0.25, 0.3) is 0 Å². The molecule has 0 unspecified atom stereocenters. The molecule has 1 saturated heterocycles. The molecule has 1 aromatic carbocycles. The van der Waals surface area contributed by atoms with E-state index in [2.05, 4.69) is 5.32 Å². The molecule has 1 fully saturated rings. The van der Waals surface area contributed by atoms with Gasteiger partial charge in [-0.15, -0.1) is 0 Å². The monoisotopic (exact) mass is 381 g/mol. The van der Waals surface area contributed by atoms with Crippen molar-refractivity contribution in [1.82, 2.24) is 10.2 Å². The molecule has 144 valence electrons. The third kappa shape index (κ3) is 3.91. The topological polar surface area (TPSA) is 86.8 Å². The van der Waals surface area contributed by atoms with Crippen LogP contribution < -0.4 is 9.62 Å². The van der Waals surface area contributed by atoms with E-state index >= 15 is 0 Å². The van der Waals surface area contributed by atoms with Crippen molar-refractivity contribution in [3.05, 3.63) is 29.8 Å². The number of sulfonamides is 1. The van der Waals surface area contributed by atoms with Gasteiger partial charge in [0.1, 0.15) is 0 Å². The maximum atomic E-state index is 12.4. The second kappa shape index (κ2) is 6.66. The summed E-state index contributed by atoms with van der Waals surface area (Å²) in [5.41, 5.74) is -0.485. The lowest BCUT2D eigenvalue weighted by Crippen LogP contribution is -2.48. The highest BCUT2D eigenvalue weighted by molar-refractivity contribution is 7.94. The Hall–Kier alpha value is -1.93. The SMILES string of the molecule is CN(C)C(C)(C)CNC(=O)c1ccc(N2C(=O)C(C)(C)CS2(=O)=O)cc1. The molecule has 0 atom stereocenters. The van der Waals surface area contributed by atoms with E-state index in [1.165, 1.54) is 24.3 Å². The fraction of sp³-hybridized carbons (Fsp3) is 0.556. The first-order valence-corrected chi connectivity index (χ1v) is 10.0. The van der Waals surface area contributed by atoms with Crippen molar-refractivity contribution in [2.24, 2.45) is 5.41 Å². The predicted molar refractivity (Wildman–Crippen MR) is 102 cm³/mol. The molecule has 0 aromatic heterocycles. The Bertz CT molecular complexity index is 811. The van der Waals surface area contributed by atoms with Crippen LogP contribution >= 0.6 is 0 Å². The Balaban J connectivity index is 2.16. The maximum Gasteiger partial charge on any atom is 0.251 e. The summed E-state index contributed by atoms with van der Waals surface area (Å²) in [7, 11) is 0.189. The number of carbonyl (C=O) groups is 2. The molecule has 0 saturated carbocycles. The standard InChI is InChI=1S/C18H27N3O4S/c1-17(2)12-26(24,25)21(16(17)23)14-9-7-13(8-10-14)15(22)19-11-18(3,4)20(5)6/h7-10H,11-12H2,1-6H3,(H,19,22). The first kappa shape index (κ1) is 20.4. The van der Waals surface area contributed by atoms with Crippen LogP contribution in [0, 0.1) is 5.41 Å². The van der Waals surface area contributed by atoms with Crippen LogP contribution in [0.2, 0.25) is 0 Å². The molecule has 1 N–H and O–H groups in total. The molecule has 1 aromatic rings. The smallest absolute Gasteiger partial charge is 0.251 e. The largest absolute Gasteiger partial charge is 0.350 e. The van der Waals surface area contributed by atoms with Crippen LogP contribution in [0.1, 0.15) is 38.1 Å². The van der Waals surface area contributed by atoms with E-state index in [1.807, 2.05) is 32.8 Å². The Labute approximate surface area is 155 Å². The number of hydrogen-bond donors (Lipinski definition) is 1. The molecule has 0 radical (unpaired) electrons. The number of likely N-dealkylation sites (N-methyl/N-ethyl adjacent to an activating group) is 1. The number of anilines is 1. The fourth-order valence-electron chi connectivity index (χ4n) is 2.57. The van der Waals surface area contributed by atoms with E-state index in [0.29, 0.717) is 12.1 Å². The van der Waals surface area contributed by atoms with Crippen LogP contribution in [-0.2, 0) is 14.8 Å². The zero-order valence-electron chi connectivity index (χ0n) is 16.2. The molecule has 2 amide bonds. The summed E-state index contributed by atoms with van der Waals surface area (Å²) in [5, 5.41) is 2.87. The van der Waals surface area contributed by atoms with Crippen molar-refractivity contribution >= 4 is 27.5 Å².